The lowest BCUT2D eigenvalue weighted by molar-refractivity contribution is 0.102. The van der Waals surface area contributed by atoms with Crippen molar-refractivity contribution < 1.29 is 4.79 Å². The number of nitriles is 1. The number of carbonyl (C=O) groups excluding carboxylic acids is 1. The van der Waals surface area contributed by atoms with Gasteiger partial charge in [-0.2, -0.15) is 5.26 Å². The van der Waals surface area contributed by atoms with Crippen molar-refractivity contribution in [2.75, 3.05) is 17.2 Å². The Bertz CT molecular complexity index is 987. The third-order valence-corrected chi connectivity index (χ3v) is 4.10. The standard InChI is InChI=1S/C13H13N7O3S/c1-19-10(16)8(11(22)20(2)13(19)23)7(21)5-24-12-17-4-6(3-14)9(15)18-12/h4H,5,16H2,1-2H3,(H2,15,17,18). The van der Waals surface area contributed by atoms with Gasteiger partial charge in [-0.3, -0.25) is 18.7 Å². The van der Waals surface area contributed by atoms with Gasteiger partial charge in [-0.05, 0) is 0 Å². The van der Waals surface area contributed by atoms with Gasteiger partial charge in [0.05, 0.1) is 11.9 Å². The Morgan fingerprint density at radius 1 is 1.33 bits per heavy atom. The minimum Gasteiger partial charge on any atom is -0.384 e. The molecule has 0 bridgehead atoms. The third-order valence-electron chi connectivity index (χ3n) is 3.24. The second kappa shape index (κ2) is 6.55. The summed E-state index contributed by atoms with van der Waals surface area (Å²) >= 11 is 0.938. The Morgan fingerprint density at radius 2 is 2.00 bits per heavy atom. The maximum Gasteiger partial charge on any atom is 0.332 e. The van der Waals surface area contributed by atoms with Gasteiger partial charge in [0.1, 0.15) is 28.8 Å². The summed E-state index contributed by atoms with van der Waals surface area (Å²) in [6, 6.07) is 1.83. The van der Waals surface area contributed by atoms with E-state index < -0.39 is 17.0 Å². The van der Waals surface area contributed by atoms with Gasteiger partial charge in [-0.1, -0.05) is 11.8 Å². The molecule has 2 rings (SSSR count). The molecule has 124 valence electrons. The van der Waals surface area contributed by atoms with Crippen molar-refractivity contribution in [3.05, 3.63) is 38.2 Å². The lowest BCUT2D eigenvalue weighted by Gasteiger charge is -2.10. The molecular weight excluding hydrogens is 334 g/mol. The molecule has 0 fully saturated rings. The van der Waals surface area contributed by atoms with Crippen LogP contribution in [0.25, 0.3) is 0 Å². The monoisotopic (exact) mass is 347 g/mol. The van der Waals surface area contributed by atoms with Gasteiger partial charge in [-0.25, -0.2) is 14.8 Å². The first-order valence-corrected chi connectivity index (χ1v) is 7.50. The molecule has 24 heavy (non-hydrogen) atoms. The average molecular weight is 347 g/mol. The first kappa shape index (κ1) is 17.2. The van der Waals surface area contributed by atoms with E-state index in [1.165, 1.54) is 20.3 Å². The predicted octanol–water partition coefficient (Wildman–Crippen LogP) is -1.11. The van der Waals surface area contributed by atoms with Crippen molar-refractivity contribution in [2.45, 2.75) is 5.16 Å². The van der Waals surface area contributed by atoms with E-state index in [1.807, 2.05) is 6.07 Å². The minimum absolute atomic E-state index is 0.0000143. The molecule has 0 unspecified atom stereocenters. The van der Waals surface area contributed by atoms with Crippen molar-refractivity contribution in [2.24, 2.45) is 14.1 Å². The molecule has 10 nitrogen and oxygen atoms in total. The fourth-order valence-corrected chi connectivity index (χ4v) is 2.55. The smallest absolute Gasteiger partial charge is 0.332 e. The van der Waals surface area contributed by atoms with Crippen LogP contribution in [0.4, 0.5) is 11.6 Å². The van der Waals surface area contributed by atoms with Gasteiger partial charge in [0, 0.05) is 14.1 Å². The summed E-state index contributed by atoms with van der Waals surface area (Å²) in [5, 5.41) is 8.94. The van der Waals surface area contributed by atoms with E-state index >= 15 is 0 Å². The molecule has 0 saturated carbocycles. The number of rotatable bonds is 4. The molecule has 4 N–H and O–H groups in total. The molecule has 0 spiro atoms. The van der Waals surface area contributed by atoms with Crippen molar-refractivity contribution >= 4 is 29.2 Å². The van der Waals surface area contributed by atoms with Crippen LogP contribution in [0.5, 0.6) is 0 Å². The van der Waals surface area contributed by atoms with Crippen molar-refractivity contribution in [3.8, 4) is 6.07 Å². The molecule has 2 heterocycles. The molecule has 11 heteroatoms. The van der Waals surface area contributed by atoms with Gasteiger partial charge in [0.25, 0.3) is 5.56 Å². The molecule has 0 aliphatic rings. The third kappa shape index (κ3) is 2.99. The number of thioether (sulfide) groups is 1. The molecule has 0 saturated heterocycles. The number of Topliss-reactive ketones (excluding diaryl/α,β-unsaturated/α-hetero) is 1. The average Bonchev–Trinajstić information content (AvgIpc) is 2.56. The highest BCUT2D eigenvalue weighted by atomic mass is 32.2. The van der Waals surface area contributed by atoms with Crippen molar-refractivity contribution in [3.63, 3.8) is 0 Å². The van der Waals surface area contributed by atoms with Crippen LogP contribution in [0.15, 0.2) is 20.9 Å². The van der Waals surface area contributed by atoms with Crippen LogP contribution in [0, 0.1) is 11.3 Å². The Balaban J connectivity index is 2.29. The molecular formula is C13H13N7O3S. The van der Waals surface area contributed by atoms with E-state index in [-0.39, 0.29) is 33.7 Å². The van der Waals surface area contributed by atoms with E-state index in [2.05, 4.69) is 9.97 Å². The van der Waals surface area contributed by atoms with E-state index in [1.54, 1.807) is 0 Å². The Labute approximate surface area is 139 Å². The van der Waals surface area contributed by atoms with Crippen LogP contribution in [-0.2, 0) is 14.1 Å². The maximum absolute atomic E-state index is 12.3. The number of hydrogen-bond donors (Lipinski definition) is 2. The summed E-state index contributed by atoms with van der Waals surface area (Å²) < 4.78 is 1.83. The first-order chi connectivity index (χ1) is 11.3. The summed E-state index contributed by atoms with van der Waals surface area (Å²) in [5.74, 6) is -0.947. The zero-order valence-electron chi connectivity index (χ0n) is 12.8. The summed E-state index contributed by atoms with van der Waals surface area (Å²) in [4.78, 5) is 43.9. The van der Waals surface area contributed by atoms with Crippen LogP contribution in [-0.4, -0.2) is 30.6 Å². The van der Waals surface area contributed by atoms with E-state index in [9.17, 15) is 14.4 Å². The van der Waals surface area contributed by atoms with Gasteiger partial charge in [-0.15, -0.1) is 0 Å². The van der Waals surface area contributed by atoms with Crippen LogP contribution < -0.4 is 22.7 Å². The second-order valence-electron chi connectivity index (χ2n) is 4.74. The van der Waals surface area contributed by atoms with Crippen molar-refractivity contribution in [1.29, 1.82) is 5.26 Å². The van der Waals surface area contributed by atoms with E-state index in [4.69, 9.17) is 16.7 Å². The number of nitrogens with two attached hydrogens (primary N) is 2. The van der Waals surface area contributed by atoms with Crippen LogP contribution in [0.1, 0.15) is 15.9 Å². The zero-order valence-corrected chi connectivity index (χ0v) is 13.6. The van der Waals surface area contributed by atoms with Crippen molar-refractivity contribution in [1.82, 2.24) is 19.1 Å². The highest BCUT2D eigenvalue weighted by Gasteiger charge is 2.20. The van der Waals surface area contributed by atoms with Gasteiger partial charge >= 0.3 is 5.69 Å². The summed E-state index contributed by atoms with van der Waals surface area (Å²) in [7, 11) is 2.63. The largest absolute Gasteiger partial charge is 0.384 e. The molecule has 0 amide bonds. The van der Waals surface area contributed by atoms with Gasteiger partial charge < -0.3 is 11.5 Å². The predicted molar refractivity (Wildman–Crippen MR) is 87.6 cm³/mol. The number of anilines is 2. The van der Waals surface area contributed by atoms with Crippen LogP contribution in [0.3, 0.4) is 0 Å². The molecule has 0 atom stereocenters. The Morgan fingerprint density at radius 3 is 2.58 bits per heavy atom. The topological polar surface area (TPSA) is 163 Å². The molecule has 0 aromatic carbocycles. The summed E-state index contributed by atoms with van der Waals surface area (Å²) in [6.45, 7) is 0. The summed E-state index contributed by atoms with van der Waals surface area (Å²) in [6.07, 6.45) is 1.24. The van der Waals surface area contributed by atoms with E-state index in [0.717, 1.165) is 20.9 Å². The molecule has 0 aliphatic heterocycles. The summed E-state index contributed by atoms with van der Waals surface area (Å²) in [5.41, 5.74) is 9.76. The highest BCUT2D eigenvalue weighted by molar-refractivity contribution is 7.99. The number of nitrogens with zero attached hydrogens (tertiary/aromatic N) is 5. The molecule has 2 aromatic rings. The quantitative estimate of drug-likeness (QED) is 0.396. The second-order valence-corrected chi connectivity index (χ2v) is 5.68. The number of ketones is 1. The number of nitrogen functional groups attached to an aromatic ring is 2. The number of carbonyl (C=O) groups is 1. The number of aromatic nitrogens is 4. The molecule has 2 aromatic heterocycles. The van der Waals surface area contributed by atoms with E-state index in [0.29, 0.717) is 0 Å². The molecule has 0 radical (unpaired) electrons. The lowest BCUT2D eigenvalue weighted by atomic mass is 10.2. The van der Waals surface area contributed by atoms with Gasteiger partial charge in [0.15, 0.2) is 10.9 Å². The first-order valence-electron chi connectivity index (χ1n) is 6.52. The Hall–Kier alpha value is -3.13. The highest BCUT2D eigenvalue weighted by Crippen LogP contribution is 2.17. The Kier molecular flexibility index (Phi) is 4.70. The number of hydrogen-bond acceptors (Lipinski definition) is 9. The normalized spacial score (nSPS) is 10.4. The van der Waals surface area contributed by atoms with Gasteiger partial charge in [0.2, 0.25) is 0 Å². The molecule has 0 aliphatic carbocycles. The fraction of sp³-hybridized carbons (Fsp3) is 0.231. The lowest BCUT2D eigenvalue weighted by Crippen LogP contribution is -2.41. The zero-order chi connectivity index (χ0) is 18.0. The fourth-order valence-electron chi connectivity index (χ4n) is 1.86. The maximum atomic E-state index is 12.3. The van der Waals surface area contributed by atoms with Crippen LogP contribution in [0.2, 0.25) is 0 Å². The van der Waals surface area contributed by atoms with Crippen LogP contribution >= 0.6 is 11.8 Å². The minimum atomic E-state index is -0.763. The SMILES string of the molecule is Cn1c(N)c(C(=O)CSc2ncc(C#N)c(N)n2)c(=O)n(C)c1=O.